The first-order valence-electron chi connectivity index (χ1n) is 8.94. The molecule has 1 aliphatic heterocycles. The molecule has 162 valence electrons. The predicted molar refractivity (Wildman–Crippen MR) is 97.7 cm³/mol. The summed E-state index contributed by atoms with van der Waals surface area (Å²) in [6.45, 7) is 5.76. The first-order chi connectivity index (χ1) is 13.7. The van der Waals surface area contributed by atoms with E-state index >= 15 is 0 Å². The van der Waals surface area contributed by atoms with E-state index in [9.17, 15) is 32.8 Å². The second-order valence-corrected chi connectivity index (χ2v) is 7.54. The number of nitrogens with one attached hydrogen (secondary N) is 2. The van der Waals surface area contributed by atoms with Gasteiger partial charge in [-0.1, -0.05) is 26.0 Å². The number of hydrogen-bond donors (Lipinski definition) is 2. The number of urea groups is 1. The summed E-state index contributed by atoms with van der Waals surface area (Å²) in [5, 5.41) is 14.2. The van der Waals surface area contributed by atoms with E-state index in [1.54, 1.807) is 13.8 Å². The third kappa shape index (κ3) is 4.64. The minimum Gasteiger partial charge on any atom is -0.406 e. The summed E-state index contributed by atoms with van der Waals surface area (Å²) in [7, 11) is 0. The number of rotatable bonds is 6. The summed E-state index contributed by atoms with van der Waals surface area (Å²) >= 11 is 0. The zero-order valence-electron chi connectivity index (χ0n) is 16.8. The quantitative estimate of drug-likeness (QED) is 0.679. The third-order valence-corrected chi connectivity index (χ3v) is 5.03. The molecule has 1 aromatic carbocycles. The van der Waals surface area contributed by atoms with Crippen molar-refractivity contribution in [3.8, 4) is 11.8 Å². The van der Waals surface area contributed by atoms with Crippen molar-refractivity contribution in [3.63, 3.8) is 0 Å². The average Bonchev–Trinajstić information content (AvgIpc) is 2.84. The van der Waals surface area contributed by atoms with Crippen LogP contribution in [0.1, 0.15) is 33.3 Å². The van der Waals surface area contributed by atoms with Gasteiger partial charge in [0.2, 0.25) is 5.91 Å². The molecule has 0 aromatic heterocycles. The number of imide groups is 1. The highest BCUT2D eigenvalue weighted by Crippen LogP contribution is 2.31. The number of nitrogens with zero attached hydrogens (tertiary/aromatic N) is 2. The molecular formula is C19H21F3N4O4. The van der Waals surface area contributed by atoms with Gasteiger partial charge in [-0.15, -0.1) is 13.2 Å². The topological polar surface area (TPSA) is 112 Å². The summed E-state index contributed by atoms with van der Waals surface area (Å²) in [6, 6.07) is 5.62. The van der Waals surface area contributed by atoms with Gasteiger partial charge < -0.3 is 15.4 Å². The van der Waals surface area contributed by atoms with Crippen LogP contribution < -0.4 is 15.4 Å². The molecule has 0 bridgehead atoms. The van der Waals surface area contributed by atoms with Crippen molar-refractivity contribution < 1.29 is 32.3 Å². The molecule has 11 heteroatoms. The lowest BCUT2D eigenvalue weighted by Crippen LogP contribution is -2.52. The van der Waals surface area contributed by atoms with E-state index in [0.717, 1.165) is 12.1 Å². The Morgan fingerprint density at radius 3 is 2.33 bits per heavy atom. The highest BCUT2D eigenvalue weighted by molar-refractivity contribution is 6.09. The van der Waals surface area contributed by atoms with Gasteiger partial charge in [-0.05, 0) is 37.5 Å². The largest absolute Gasteiger partial charge is 0.573 e. The van der Waals surface area contributed by atoms with Gasteiger partial charge >= 0.3 is 12.4 Å². The van der Waals surface area contributed by atoms with Crippen LogP contribution in [0.15, 0.2) is 24.3 Å². The fourth-order valence-corrected chi connectivity index (χ4v) is 2.80. The number of benzene rings is 1. The van der Waals surface area contributed by atoms with Crippen LogP contribution >= 0.6 is 0 Å². The number of alkyl halides is 3. The monoisotopic (exact) mass is 426 g/mol. The number of halogens is 3. The first kappa shape index (κ1) is 23.0. The van der Waals surface area contributed by atoms with Crippen molar-refractivity contribution in [3.05, 3.63) is 29.8 Å². The number of amides is 4. The van der Waals surface area contributed by atoms with Crippen LogP contribution in [-0.2, 0) is 15.1 Å². The van der Waals surface area contributed by atoms with Gasteiger partial charge in [0.05, 0.1) is 6.07 Å². The molecule has 1 fully saturated rings. The molecular weight excluding hydrogens is 405 g/mol. The molecule has 2 rings (SSSR count). The van der Waals surface area contributed by atoms with Crippen molar-refractivity contribution in [2.24, 2.45) is 5.92 Å². The number of ether oxygens (including phenoxy) is 1. The maximum atomic E-state index is 12.8. The Balaban J connectivity index is 2.17. The number of nitriles is 1. The Kier molecular flexibility index (Phi) is 6.02. The van der Waals surface area contributed by atoms with E-state index in [1.165, 1.54) is 26.0 Å². The van der Waals surface area contributed by atoms with E-state index in [4.69, 9.17) is 0 Å². The highest BCUT2D eigenvalue weighted by Gasteiger charge is 2.50. The average molecular weight is 426 g/mol. The lowest BCUT2D eigenvalue weighted by molar-refractivity contribution is -0.274. The Hall–Kier alpha value is -3.29. The van der Waals surface area contributed by atoms with Gasteiger partial charge in [0.15, 0.2) is 0 Å². The molecule has 0 spiro atoms. The highest BCUT2D eigenvalue weighted by atomic mass is 19.4. The molecule has 30 heavy (non-hydrogen) atoms. The molecule has 1 aliphatic rings. The lowest BCUT2D eigenvalue weighted by atomic mass is 9.90. The maximum absolute atomic E-state index is 12.8. The molecule has 2 unspecified atom stereocenters. The summed E-state index contributed by atoms with van der Waals surface area (Å²) in [6.07, 6.45) is -4.86. The van der Waals surface area contributed by atoms with Crippen LogP contribution in [0.2, 0.25) is 0 Å². The van der Waals surface area contributed by atoms with Crippen LogP contribution in [0.3, 0.4) is 0 Å². The van der Waals surface area contributed by atoms with Crippen LogP contribution in [0.5, 0.6) is 5.75 Å². The van der Waals surface area contributed by atoms with Crippen molar-refractivity contribution in [2.75, 3.05) is 6.54 Å². The molecule has 0 aliphatic carbocycles. The van der Waals surface area contributed by atoms with E-state index in [2.05, 4.69) is 15.4 Å². The molecule has 4 amide bonds. The number of carbonyl (C=O) groups is 3. The van der Waals surface area contributed by atoms with Crippen LogP contribution in [-0.4, -0.2) is 41.2 Å². The van der Waals surface area contributed by atoms with Crippen molar-refractivity contribution in [2.45, 2.75) is 45.1 Å². The third-order valence-electron chi connectivity index (χ3n) is 5.03. The lowest BCUT2D eigenvalue weighted by Gasteiger charge is -2.28. The SMILES string of the molecule is CC(C)C(C)(C#N)NC(=O)CN1C(=O)NC(C)(c2ccc(OC(F)(F)F)cc2)C1=O. The van der Waals surface area contributed by atoms with E-state index in [0.29, 0.717) is 4.90 Å². The Morgan fingerprint density at radius 1 is 1.30 bits per heavy atom. The molecule has 1 saturated heterocycles. The minimum absolute atomic E-state index is 0.210. The molecule has 0 saturated carbocycles. The summed E-state index contributed by atoms with van der Waals surface area (Å²) < 4.78 is 40.7. The fraction of sp³-hybridized carbons (Fsp3) is 0.474. The second kappa shape index (κ2) is 7.85. The Labute approximate surface area is 171 Å². The van der Waals surface area contributed by atoms with Gasteiger partial charge in [-0.25, -0.2) is 4.79 Å². The minimum atomic E-state index is -4.86. The van der Waals surface area contributed by atoms with Crippen LogP contribution in [0, 0.1) is 17.2 Å². The summed E-state index contributed by atoms with van der Waals surface area (Å²) in [5.41, 5.74) is -2.55. The van der Waals surface area contributed by atoms with E-state index < -0.39 is 47.6 Å². The zero-order valence-corrected chi connectivity index (χ0v) is 16.8. The van der Waals surface area contributed by atoms with E-state index in [1.807, 2.05) is 6.07 Å². The normalized spacial score (nSPS) is 21.1. The van der Waals surface area contributed by atoms with Crippen molar-refractivity contribution in [1.29, 1.82) is 5.26 Å². The predicted octanol–water partition coefficient (Wildman–Crippen LogP) is 2.41. The van der Waals surface area contributed by atoms with Crippen molar-refractivity contribution in [1.82, 2.24) is 15.5 Å². The van der Waals surface area contributed by atoms with Gasteiger partial charge in [0.25, 0.3) is 5.91 Å². The van der Waals surface area contributed by atoms with Gasteiger partial charge in [0, 0.05) is 0 Å². The van der Waals surface area contributed by atoms with Gasteiger partial charge in [0.1, 0.15) is 23.4 Å². The smallest absolute Gasteiger partial charge is 0.406 e. The van der Waals surface area contributed by atoms with Crippen molar-refractivity contribution >= 4 is 17.8 Å². The molecule has 2 N–H and O–H groups in total. The Morgan fingerprint density at radius 2 is 1.87 bits per heavy atom. The zero-order chi connectivity index (χ0) is 22.9. The second-order valence-electron chi connectivity index (χ2n) is 7.54. The van der Waals surface area contributed by atoms with Crippen LogP contribution in [0.4, 0.5) is 18.0 Å². The Bertz CT molecular complexity index is 895. The number of carbonyl (C=O) groups excluding carboxylic acids is 3. The fourth-order valence-electron chi connectivity index (χ4n) is 2.80. The molecule has 1 aromatic rings. The standard InChI is InChI=1S/C19H21F3N4O4/c1-11(2)17(3,10-23)24-14(27)9-26-15(28)18(4,25-16(26)29)12-5-7-13(8-6-12)30-19(20,21)22/h5-8,11H,9H2,1-4H3,(H,24,27)(H,25,29). The van der Waals surface area contributed by atoms with Crippen LogP contribution in [0.25, 0.3) is 0 Å². The number of hydrogen-bond acceptors (Lipinski definition) is 5. The molecule has 0 radical (unpaired) electrons. The molecule has 1 heterocycles. The first-order valence-corrected chi connectivity index (χ1v) is 8.94. The summed E-state index contributed by atoms with van der Waals surface area (Å²) in [5.74, 6) is -2.16. The summed E-state index contributed by atoms with van der Waals surface area (Å²) in [4.78, 5) is 38.2. The van der Waals surface area contributed by atoms with Gasteiger partial charge in [-0.3, -0.25) is 14.5 Å². The van der Waals surface area contributed by atoms with Gasteiger partial charge in [-0.2, -0.15) is 5.26 Å². The van der Waals surface area contributed by atoms with E-state index in [-0.39, 0.29) is 11.5 Å². The molecule has 2 atom stereocenters. The molecule has 8 nitrogen and oxygen atoms in total. The maximum Gasteiger partial charge on any atom is 0.573 e.